The molecule has 2 aromatic heterocycles. The Bertz CT molecular complexity index is 580. The molecule has 108 valence electrons. The van der Waals surface area contributed by atoms with Gasteiger partial charge < -0.3 is 13.8 Å². The second-order valence-corrected chi connectivity index (χ2v) is 5.24. The molecule has 0 aromatic carbocycles. The van der Waals surface area contributed by atoms with Crippen LogP contribution in [0, 0.1) is 13.8 Å². The number of morpholine rings is 1. The van der Waals surface area contributed by atoms with Crippen LogP contribution in [-0.2, 0) is 11.3 Å². The van der Waals surface area contributed by atoms with Crippen LogP contribution in [0.15, 0.2) is 15.1 Å². The van der Waals surface area contributed by atoms with E-state index < -0.39 is 0 Å². The van der Waals surface area contributed by atoms with Gasteiger partial charge in [-0.05, 0) is 20.8 Å². The van der Waals surface area contributed by atoms with E-state index in [0.29, 0.717) is 24.8 Å². The highest BCUT2D eigenvalue weighted by Crippen LogP contribution is 2.25. The summed E-state index contributed by atoms with van der Waals surface area (Å²) in [5.41, 5.74) is 0.894. The number of ether oxygens (including phenoxy) is 1. The Morgan fingerprint density at radius 2 is 2.10 bits per heavy atom. The normalized spacial score (nSPS) is 24.1. The average Bonchev–Trinajstić information content (AvgIpc) is 2.98. The van der Waals surface area contributed by atoms with Gasteiger partial charge in [0.25, 0.3) is 5.89 Å². The van der Waals surface area contributed by atoms with E-state index in [0.717, 1.165) is 18.0 Å². The quantitative estimate of drug-likeness (QED) is 0.844. The molecule has 1 fully saturated rings. The first kappa shape index (κ1) is 13.3. The zero-order valence-electron chi connectivity index (χ0n) is 11.9. The van der Waals surface area contributed by atoms with Crippen LogP contribution in [-0.4, -0.2) is 39.4 Å². The summed E-state index contributed by atoms with van der Waals surface area (Å²) in [6, 6.07) is 1.95. The van der Waals surface area contributed by atoms with Gasteiger partial charge in [-0.15, -0.1) is 0 Å². The van der Waals surface area contributed by atoms with Gasteiger partial charge >= 0.3 is 0 Å². The highest BCUT2D eigenvalue weighted by atomic mass is 16.5. The van der Waals surface area contributed by atoms with E-state index in [1.807, 2.05) is 19.9 Å². The summed E-state index contributed by atoms with van der Waals surface area (Å²) in [7, 11) is 0. The van der Waals surface area contributed by atoms with Gasteiger partial charge in [-0.2, -0.15) is 4.98 Å². The minimum Gasteiger partial charge on any atom is -0.363 e. The number of nitrogens with zero attached hydrogens (tertiary/aromatic N) is 4. The van der Waals surface area contributed by atoms with Gasteiger partial charge in [0.1, 0.15) is 6.10 Å². The van der Waals surface area contributed by atoms with Crippen molar-refractivity contribution >= 4 is 0 Å². The maximum Gasteiger partial charge on any atom is 0.257 e. The average molecular weight is 278 g/mol. The van der Waals surface area contributed by atoms with Crippen molar-refractivity contribution in [2.24, 2.45) is 0 Å². The molecule has 7 heteroatoms. The highest BCUT2D eigenvalue weighted by molar-refractivity contribution is 5.03. The Morgan fingerprint density at radius 3 is 2.75 bits per heavy atom. The van der Waals surface area contributed by atoms with Crippen molar-refractivity contribution < 1.29 is 13.8 Å². The van der Waals surface area contributed by atoms with Gasteiger partial charge in [0, 0.05) is 19.2 Å². The van der Waals surface area contributed by atoms with Crippen LogP contribution in [0.4, 0.5) is 0 Å². The Labute approximate surface area is 116 Å². The second kappa shape index (κ2) is 5.34. The molecule has 0 saturated carbocycles. The fourth-order valence-electron chi connectivity index (χ4n) is 2.46. The Kier molecular flexibility index (Phi) is 3.54. The van der Waals surface area contributed by atoms with Gasteiger partial charge in [-0.25, -0.2) is 0 Å². The molecule has 0 unspecified atom stereocenters. The van der Waals surface area contributed by atoms with E-state index >= 15 is 0 Å². The summed E-state index contributed by atoms with van der Waals surface area (Å²) in [6.07, 6.45) is -0.0889. The molecule has 3 rings (SSSR count). The Morgan fingerprint density at radius 1 is 1.25 bits per heavy atom. The Hall–Kier alpha value is -1.73. The van der Waals surface area contributed by atoms with Gasteiger partial charge in [-0.3, -0.25) is 4.90 Å². The maximum absolute atomic E-state index is 5.87. The van der Waals surface area contributed by atoms with E-state index in [1.165, 1.54) is 0 Å². The predicted octanol–water partition coefficient (Wildman–Crippen LogP) is 1.64. The summed E-state index contributed by atoms with van der Waals surface area (Å²) in [5.74, 6) is 2.02. The standard InChI is InChI=1S/C13H18N4O3/c1-8-4-11(19-15-8)6-17-5-9(2)18-12(7-17)13-14-10(3)16-20-13/h4,9,12H,5-7H2,1-3H3/t9-,12-/m1/s1. The summed E-state index contributed by atoms with van der Waals surface area (Å²) in [5, 5.41) is 7.72. The molecule has 1 saturated heterocycles. The smallest absolute Gasteiger partial charge is 0.257 e. The number of aryl methyl sites for hydroxylation is 2. The van der Waals surface area contributed by atoms with E-state index in [1.54, 1.807) is 6.92 Å². The first-order valence-corrected chi connectivity index (χ1v) is 6.70. The SMILES string of the molecule is Cc1cc(CN2C[C@@H](C)O[C@@H](c3nc(C)no3)C2)on1. The van der Waals surface area contributed by atoms with Crippen molar-refractivity contribution in [1.29, 1.82) is 0 Å². The lowest BCUT2D eigenvalue weighted by Crippen LogP contribution is -2.42. The van der Waals surface area contributed by atoms with Crippen LogP contribution in [0.5, 0.6) is 0 Å². The molecule has 0 spiro atoms. The fourth-order valence-corrected chi connectivity index (χ4v) is 2.46. The van der Waals surface area contributed by atoms with Crippen LogP contribution in [0.25, 0.3) is 0 Å². The van der Waals surface area contributed by atoms with Gasteiger partial charge in [-0.1, -0.05) is 10.3 Å². The van der Waals surface area contributed by atoms with Crippen molar-refractivity contribution in [3.63, 3.8) is 0 Å². The minimum absolute atomic E-state index is 0.102. The molecule has 7 nitrogen and oxygen atoms in total. The molecule has 0 N–H and O–H groups in total. The number of aromatic nitrogens is 3. The van der Waals surface area contributed by atoms with Crippen molar-refractivity contribution in [2.45, 2.75) is 39.5 Å². The molecule has 2 aromatic rings. The third-order valence-electron chi connectivity index (χ3n) is 3.21. The Balaban J connectivity index is 1.69. The van der Waals surface area contributed by atoms with E-state index in [9.17, 15) is 0 Å². The van der Waals surface area contributed by atoms with Crippen LogP contribution >= 0.6 is 0 Å². The molecule has 20 heavy (non-hydrogen) atoms. The van der Waals surface area contributed by atoms with Crippen LogP contribution in [0.3, 0.4) is 0 Å². The van der Waals surface area contributed by atoms with Gasteiger partial charge in [0.05, 0.1) is 18.3 Å². The monoisotopic (exact) mass is 278 g/mol. The third kappa shape index (κ3) is 2.88. The van der Waals surface area contributed by atoms with Crippen LogP contribution < -0.4 is 0 Å². The molecule has 0 amide bonds. The molecule has 0 bridgehead atoms. The largest absolute Gasteiger partial charge is 0.363 e. The lowest BCUT2D eigenvalue weighted by atomic mass is 10.2. The number of rotatable bonds is 3. The summed E-state index contributed by atoms with van der Waals surface area (Å²) < 4.78 is 16.3. The van der Waals surface area contributed by atoms with Gasteiger partial charge in [0.2, 0.25) is 0 Å². The topological polar surface area (TPSA) is 77.4 Å². The van der Waals surface area contributed by atoms with Crippen molar-refractivity contribution in [2.75, 3.05) is 13.1 Å². The van der Waals surface area contributed by atoms with Crippen molar-refractivity contribution in [3.05, 3.63) is 29.2 Å². The van der Waals surface area contributed by atoms with Crippen LogP contribution in [0.2, 0.25) is 0 Å². The number of hydrogen-bond donors (Lipinski definition) is 0. The molecule has 0 aliphatic carbocycles. The first-order chi connectivity index (χ1) is 9.60. The zero-order valence-corrected chi connectivity index (χ0v) is 11.9. The summed E-state index contributed by atoms with van der Waals surface area (Å²) >= 11 is 0. The maximum atomic E-state index is 5.87. The molecular formula is C13H18N4O3. The van der Waals surface area contributed by atoms with E-state index in [-0.39, 0.29) is 12.2 Å². The minimum atomic E-state index is -0.191. The molecule has 3 heterocycles. The predicted molar refractivity (Wildman–Crippen MR) is 68.8 cm³/mol. The van der Waals surface area contributed by atoms with Crippen molar-refractivity contribution in [1.82, 2.24) is 20.2 Å². The zero-order chi connectivity index (χ0) is 14.1. The molecule has 0 radical (unpaired) electrons. The first-order valence-electron chi connectivity index (χ1n) is 6.70. The third-order valence-corrected chi connectivity index (χ3v) is 3.21. The lowest BCUT2D eigenvalue weighted by molar-refractivity contribution is -0.0944. The molecule has 1 aliphatic heterocycles. The highest BCUT2D eigenvalue weighted by Gasteiger charge is 2.30. The van der Waals surface area contributed by atoms with Crippen LogP contribution in [0.1, 0.15) is 36.2 Å². The van der Waals surface area contributed by atoms with Crippen molar-refractivity contribution in [3.8, 4) is 0 Å². The van der Waals surface area contributed by atoms with E-state index in [2.05, 4.69) is 20.2 Å². The summed E-state index contributed by atoms with van der Waals surface area (Å²) in [6.45, 7) is 7.99. The fraction of sp³-hybridized carbons (Fsp3) is 0.615. The molecular weight excluding hydrogens is 260 g/mol. The van der Waals surface area contributed by atoms with E-state index in [4.69, 9.17) is 13.8 Å². The summed E-state index contributed by atoms with van der Waals surface area (Å²) in [4.78, 5) is 6.50. The molecule has 1 aliphatic rings. The number of hydrogen-bond acceptors (Lipinski definition) is 7. The lowest BCUT2D eigenvalue weighted by Gasteiger charge is -2.34. The molecule has 2 atom stereocenters. The second-order valence-electron chi connectivity index (χ2n) is 5.24. The van der Waals surface area contributed by atoms with Gasteiger partial charge in [0.15, 0.2) is 11.6 Å².